The van der Waals surface area contributed by atoms with E-state index in [1.54, 1.807) is 13.8 Å². The fourth-order valence-electron chi connectivity index (χ4n) is 0.610. The first kappa shape index (κ1) is 9.53. The second-order valence-electron chi connectivity index (χ2n) is 1.71. The molecular weight excluding hydrogens is 153 g/mol. The maximum atomic E-state index is 10.6. The van der Waals surface area contributed by atoms with Gasteiger partial charge < -0.3 is 9.79 Å². The Morgan fingerprint density at radius 2 is 1.90 bits per heavy atom. The van der Waals surface area contributed by atoms with Crippen LogP contribution in [0.2, 0.25) is 0 Å². The Kier molecular flexibility index (Phi) is 4.16. The van der Waals surface area contributed by atoms with E-state index in [4.69, 9.17) is 0 Å². The van der Waals surface area contributed by atoms with Crippen LogP contribution in [0.5, 0.6) is 0 Å². The molecule has 0 aromatic heterocycles. The molecule has 0 N–H and O–H groups in total. The number of nitrogens with zero attached hydrogens (tertiary/aromatic N) is 1. The van der Waals surface area contributed by atoms with Gasteiger partial charge >= 0.3 is 13.7 Å². The molecule has 1 atom stereocenters. The summed E-state index contributed by atoms with van der Waals surface area (Å²) < 4.78 is 10.1. The largest absolute Gasteiger partial charge is 0.587 e. The number of carbonyl (C=O) groups is 1. The number of rotatable bonds is 3. The highest BCUT2D eigenvalue weighted by Crippen LogP contribution is 2.13. The molecule has 58 valence electrons. The van der Waals surface area contributed by atoms with Crippen LogP contribution in [0.1, 0.15) is 13.8 Å². The summed E-state index contributed by atoms with van der Waals surface area (Å²) in [5, 5.41) is 0. The monoisotopic (exact) mass is 163 g/mol. The molecule has 5 heteroatoms. The van der Waals surface area contributed by atoms with Gasteiger partial charge in [-0.15, -0.1) is 0 Å². The molecule has 0 aliphatic carbocycles. The minimum absolute atomic E-state index is 0.443. The second kappa shape index (κ2) is 4.36. The molecule has 0 rings (SSSR count). The zero-order valence-electron chi connectivity index (χ0n) is 6.03. The van der Waals surface area contributed by atoms with Gasteiger partial charge in [-0.3, -0.25) is 0 Å². The predicted molar refractivity (Wildman–Crippen MR) is 35.9 cm³/mol. The van der Waals surface area contributed by atoms with E-state index in [1.165, 1.54) is 4.90 Å². The van der Waals surface area contributed by atoms with Gasteiger partial charge in [0.25, 0.3) is 0 Å². The lowest BCUT2D eigenvalue weighted by Crippen LogP contribution is -2.28. The van der Waals surface area contributed by atoms with Gasteiger partial charge in [-0.2, -0.15) is 0 Å². The van der Waals surface area contributed by atoms with Crippen molar-refractivity contribution in [2.75, 3.05) is 13.1 Å². The van der Waals surface area contributed by atoms with Gasteiger partial charge in [0.2, 0.25) is 0 Å². The van der Waals surface area contributed by atoms with Gasteiger partial charge in [-0.1, -0.05) is 4.57 Å². The van der Waals surface area contributed by atoms with E-state index in [0.717, 1.165) is 0 Å². The lowest BCUT2D eigenvalue weighted by atomic mass is 10.6. The molecule has 0 heterocycles. The summed E-state index contributed by atoms with van der Waals surface area (Å²) in [6, 6.07) is 0. The summed E-state index contributed by atoms with van der Waals surface area (Å²) in [7, 11) is -2.93. The summed E-state index contributed by atoms with van der Waals surface area (Å²) in [4.78, 5) is 22.0. The highest BCUT2D eigenvalue weighted by atomic mass is 31.1. The Morgan fingerprint density at radius 1 is 1.50 bits per heavy atom. The summed E-state index contributed by atoms with van der Waals surface area (Å²) in [5.41, 5.74) is -0.792. The van der Waals surface area contributed by atoms with Crippen molar-refractivity contribution < 1.29 is 14.3 Å². The smallest absolute Gasteiger partial charge is 0.460 e. The predicted octanol–water partition coefficient (Wildman–Crippen LogP) is 0.551. The number of hydrogen-bond acceptors (Lipinski definition) is 3. The third-order valence-corrected chi connectivity index (χ3v) is 1.79. The van der Waals surface area contributed by atoms with Crippen LogP contribution in [-0.4, -0.2) is 23.6 Å². The van der Waals surface area contributed by atoms with Crippen LogP contribution >= 0.6 is 8.03 Å². The topological polar surface area (TPSA) is 60.4 Å². The van der Waals surface area contributed by atoms with Crippen molar-refractivity contribution in [2.45, 2.75) is 13.8 Å². The van der Waals surface area contributed by atoms with Crippen molar-refractivity contribution in [2.24, 2.45) is 0 Å². The van der Waals surface area contributed by atoms with Crippen molar-refractivity contribution in [1.82, 2.24) is 4.90 Å². The molecule has 0 spiro atoms. The highest BCUT2D eigenvalue weighted by molar-refractivity contribution is 7.56. The van der Waals surface area contributed by atoms with Crippen LogP contribution in [0, 0.1) is 0 Å². The zero-order valence-corrected chi connectivity index (χ0v) is 6.93. The van der Waals surface area contributed by atoms with E-state index in [0.29, 0.717) is 13.1 Å². The van der Waals surface area contributed by atoms with Crippen LogP contribution in [0.4, 0.5) is 4.79 Å². The Bertz CT molecular complexity index is 144. The SMILES string of the molecule is CCN(CC)C(=O)[P+](=O)[O-]. The van der Waals surface area contributed by atoms with Gasteiger partial charge in [0.05, 0.1) is 0 Å². The zero-order chi connectivity index (χ0) is 8.15. The lowest BCUT2D eigenvalue weighted by Gasteiger charge is -2.11. The van der Waals surface area contributed by atoms with Crippen molar-refractivity contribution in [1.29, 1.82) is 0 Å². The Morgan fingerprint density at radius 3 is 2.00 bits per heavy atom. The molecule has 10 heavy (non-hydrogen) atoms. The number of amides is 1. The molecule has 0 aliphatic heterocycles. The Labute approximate surface area is 60.7 Å². The first-order chi connectivity index (χ1) is 4.63. The van der Waals surface area contributed by atoms with E-state index in [2.05, 4.69) is 0 Å². The molecule has 0 saturated heterocycles. The van der Waals surface area contributed by atoms with Gasteiger partial charge in [0.15, 0.2) is 0 Å². The first-order valence-corrected chi connectivity index (χ1v) is 4.24. The minimum atomic E-state index is -2.93. The van der Waals surface area contributed by atoms with E-state index < -0.39 is 13.7 Å². The van der Waals surface area contributed by atoms with E-state index in [1.807, 2.05) is 0 Å². The molecule has 0 aromatic rings. The normalized spacial score (nSPS) is 10.9. The van der Waals surface area contributed by atoms with Gasteiger partial charge in [0.1, 0.15) is 0 Å². The van der Waals surface area contributed by atoms with E-state index in [9.17, 15) is 14.3 Å². The van der Waals surface area contributed by atoms with Gasteiger partial charge in [-0.25, -0.2) is 4.79 Å². The van der Waals surface area contributed by atoms with Crippen molar-refractivity contribution in [3.8, 4) is 0 Å². The third kappa shape index (κ3) is 2.42. The maximum absolute atomic E-state index is 10.6. The molecule has 0 fully saturated rings. The summed E-state index contributed by atoms with van der Waals surface area (Å²) in [5.74, 6) is 0. The summed E-state index contributed by atoms with van der Waals surface area (Å²) in [6.45, 7) is 4.36. The molecule has 0 aromatic carbocycles. The second-order valence-corrected chi connectivity index (χ2v) is 2.61. The molecule has 1 unspecified atom stereocenters. The molecule has 0 saturated carbocycles. The van der Waals surface area contributed by atoms with Crippen LogP contribution < -0.4 is 4.89 Å². The van der Waals surface area contributed by atoms with Crippen LogP contribution in [0.3, 0.4) is 0 Å². The quantitative estimate of drug-likeness (QED) is 0.571. The standard InChI is InChI=1S/C5H10NO3P/c1-3-6(4-2)5(7)10(8)9/h3-4H2,1-2H3. The molecule has 0 radical (unpaired) electrons. The molecule has 4 nitrogen and oxygen atoms in total. The third-order valence-electron chi connectivity index (χ3n) is 1.19. The molecule has 0 aliphatic rings. The van der Waals surface area contributed by atoms with Crippen LogP contribution in [0.15, 0.2) is 0 Å². The summed E-state index contributed by atoms with van der Waals surface area (Å²) >= 11 is 0. The minimum Gasteiger partial charge on any atom is -0.587 e. The Balaban J connectivity index is 4.02. The molecule has 0 bridgehead atoms. The van der Waals surface area contributed by atoms with Crippen LogP contribution in [-0.2, 0) is 4.57 Å². The Hall–Kier alpha value is -0.470. The van der Waals surface area contributed by atoms with Crippen molar-refractivity contribution >= 4 is 13.7 Å². The molecular formula is C5H10NO3P. The number of hydrogen-bond donors (Lipinski definition) is 0. The van der Waals surface area contributed by atoms with E-state index in [-0.39, 0.29) is 0 Å². The van der Waals surface area contributed by atoms with Crippen molar-refractivity contribution in [3.05, 3.63) is 0 Å². The fraction of sp³-hybridized carbons (Fsp3) is 0.800. The maximum Gasteiger partial charge on any atom is 0.460 e. The molecule has 1 amide bonds. The lowest BCUT2D eigenvalue weighted by molar-refractivity contribution is -0.161. The number of carbonyl (C=O) groups excluding carboxylic acids is 1. The van der Waals surface area contributed by atoms with Gasteiger partial charge in [-0.05, 0) is 13.8 Å². The average Bonchev–Trinajstić information content (AvgIpc) is 1.90. The fourth-order valence-corrected chi connectivity index (χ4v) is 1.12. The first-order valence-electron chi connectivity index (χ1n) is 3.06. The van der Waals surface area contributed by atoms with Crippen molar-refractivity contribution in [3.63, 3.8) is 0 Å². The average molecular weight is 163 g/mol. The van der Waals surface area contributed by atoms with Gasteiger partial charge in [0, 0.05) is 13.1 Å². The van der Waals surface area contributed by atoms with E-state index >= 15 is 0 Å². The summed E-state index contributed by atoms with van der Waals surface area (Å²) in [6.07, 6.45) is 0. The highest BCUT2D eigenvalue weighted by Gasteiger charge is 2.22. The van der Waals surface area contributed by atoms with Crippen LogP contribution in [0.25, 0.3) is 0 Å².